The lowest BCUT2D eigenvalue weighted by Crippen LogP contribution is -2.28. The Labute approximate surface area is 202 Å². The van der Waals surface area contributed by atoms with Crippen molar-refractivity contribution in [1.29, 1.82) is 0 Å². The Hall–Kier alpha value is -3.15. The van der Waals surface area contributed by atoms with Gasteiger partial charge in [-0.25, -0.2) is 13.1 Å². The fourth-order valence-electron chi connectivity index (χ4n) is 3.63. The van der Waals surface area contributed by atoms with Crippen LogP contribution < -0.4 is 14.9 Å². The van der Waals surface area contributed by atoms with Gasteiger partial charge in [0.05, 0.1) is 10.8 Å². The van der Waals surface area contributed by atoms with Crippen molar-refractivity contribution in [2.24, 2.45) is 5.92 Å². The summed E-state index contributed by atoms with van der Waals surface area (Å²) in [5.41, 5.74) is 2.81. The molecule has 3 aromatic rings. The van der Waals surface area contributed by atoms with Gasteiger partial charge >= 0.3 is 0 Å². The van der Waals surface area contributed by atoms with E-state index in [1.54, 1.807) is 29.2 Å². The molecule has 1 unspecified atom stereocenters. The highest BCUT2D eigenvalue weighted by Crippen LogP contribution is 2.27. The first-order chi connectivity index (χ1) is 16.2. The number of hydrogen-bond donors (Lipinski definition) is 2. The first kappa shape index (κ1) is 24.0. The zero-order valence-electron chi connectivity index (χ0n) is 18.8. The fraction of sp³-hybridized carbons (Fsp3) is 0.304. The van der Waals surface area contributed by atoms with E-state index in [1.807, 2.05) is 38.1 Å². The molecule has 1 aliphatic rings. The zero-order valence-corrected chi connectivity index (χ0v) is 20.4. The molecule has 34 heavy (non-hydrogen) atoms. The molecule has 1 fully saturated rings. The van der Waals surface area contributed by atoms with Gasteiger partial charge < -0.3 is 10.2 Å². The van der Waals surface area contributed by atoms with Crippen LogP contribution in [0.25, 0.3) is 0 Å². The molecule has 2 amide bonds. The summed E-state index contributed by atoms with van der Waals surface area (Å²) >= 11 is 1.18. The molecule has 0 spiro atoms. The molecular weight excluding hydrogens is 474 g/mol. The molecule has 1 aliphatic heterocycles. The van der Waals surface area contributed by atoms with Gasteiger partial charge in [0.1, 0.15) is 5.01 Å². The molecule has 2 heterocycles. The van der Waals surface area contributed by atoms with E-state index in [-0.39, 0.29) is 29.7 Å². The van der Waals surface area contributed by atoms with Gasteiger partial charge in [0, 0.05) is 31.6 Å². The summed E-state index contributed by atoms with van der Waals surface area (Å²) in [6, 6.07) is 14.2. The Morgan fingerprint density at radius 2 is 1.88 bits per heavy atom. The van der Waals surface area contributed by atoms with Gasteiger partial charge in [-0.15, -0.1) is 10.2 Å². The molecule has 1 aromatic heterocycles. The van der Waals surface area contributed by atoms with Crippen LogP contribution >= 0.6 is 11.3 Å². The molecule has 2 N–H and O–H groups in total. The first-order valence-electron chi connectivity index (χ1n) is 10.8. The van der Waals surface area contributed by atoms with Crippen molar-refractivity contribution >= 4 is 44.0 Å². The van der Waals surface area contributed by atoms with E-state index in [4.69, 9.17) is 0 Å². The average molecular weight is 500 g/mol. The molecule has 0 aliphatic carbocycles. The van der Waals surface area contributed by atoms with Gasteiger partial charge in [-0.05, 0) is 43.7 Å². The van der Waals surface area contributed by atoms with Crippen molar-refractivity contribution in [3.8, 4) is 0 Å². The van der Waals surface area contributed by atoms with E-state index >= 15 is 0 Å². The van der Waals surface area contributed by atoms with Gasteiger partial charge in [-0.1, -0.05) is 41.2 Å². The number of nitrogens with zero attached hydrogens (tertiary/aromatic N) is 3. The van der Waals surface area contributed by atoms with Gasteiger partial charge in [0.25, 0.3) is 0 Å². The van der Waals surface area contributed by atoms with E-state index in [1.165, 1.54) is 11.3 Å². The number of carbonyl (C=O) groups excluding carboxylic acids is 2. The second kappa shape index (κ2) is 10.00. The van der Waals surface area contributed by atoms with Crippen molar-refractivity contribution in [3.63, 3.8) is 0 Å². The lowest BCUT2D eigenvalue weighted by Gasteiger charge is -2.17. The smallest absolute Gasteiger partial charge is 0.240 e. The van der Waals surface area contributed by atoms with Crippen molar-refractivity contribution in [2.45, 2.75) is 31.6 Å². The second-order valence-corrected chi connectivity index (χ2v) is 11.0. The third-order valence-electron chi connectivity index (χ3n) is 5.47. The van der Waals surface area contributed by atoms with Crippen LogP contribution in [0, 0.1) is 19.8 Å². The Balaban J connectivity index is 1.29. The highest BCUT2D eigenvalue weighted by molar-refractivity contribution is 7.89. The van der Waals surface area contributed by atoms with Crippen LogP contribution in [0.4, 0.5) is 10.8 Å². The van der Waals surface area contributed by atoms with E-state index in [9.17, 15) is 18.0 Å². The number of aryl methyl sites for hydroxylation is 2. The second-order valence-electron chi connectivity index (χ2n) is 8.20. The van der Waals surface area contributed by atoms with Crippen LogP contribution in [0.2, 0.25) is 0 Å². The number of sulfonamides is 1. The first-order valence-corrected chi connectivity index (χ1v) is 13.1. The molecule has 4 rings (SSSR count). The highest BCUT2D eigenvalue weighted by Gasteiger charge is 2.35. The lowest BCUT2D eigenvalue weighted by molar-refractivity contribution is -0.122. The molecule has 1 saturated heterocycles. The minimum atomic E-state index is -3.61. The number of nitrogens with one attached hydrogen (secondary N) is 2. The number of aromatic nitrogens is 2. The Morgan fingerprint density at radius 1 is 1.12 bits per heavy atom. The monoisotopic (exact) mass is 499 g/mol. The topological polar surface area (TPSA) is 121 Å². The number of amides is 2. The number of hydrogen-bond acceptors (Lipinski definition) is 7. The van der Waals surface area contributed by atoms with Crippen molar-refractivity contribution < 1.29 is 18.0 Å². The molecule has 11 heteroatoms. The maximum Gasteiger partial charge on any atom is 0.240 e. The maximum atomic E-state index is 12.7. The van der Waals surface area contributed by atoms with Crippen LogP contribution in [0.3, 0.4) is 0 Å². The number of rotatable bonds is 8. The minimum Gasteiger partial charge on any atom is -0.312 e. The summed E-state index contributed by atoms with van der Waals surface area (Å²) in [4.78, 5) is 27.0. The number of benzene rings is 2. The standard InChI is InChI=1S/C23H25N5O4S2/c1-15-6-8-19(9-7-15)34(31,32)24-11-10-20-26-27-23(33-20)25-22(30)17-13-21(29)28(14-17)18-5-3-4-16(2)12-18/h3-9,12,17,24H,10-11,13-14H2,1-2H3,(H,25,27,30). The molecule has 178 valence electrons. The molecular formula is C23H25N5O4S2. The van der Waals surface area contributed by atoms with Gasteiger partial charge in [0.15, 0.2) is 0 Å². The Bertz CT molecular complexity index is 1300. The normalized spacial score (nSPS) is 16.1. The van der Waals surface area contributed by atoms with Crippen molar-refractivity contribution in [1.82, 2.24) is 14.9 Å². The van der Waals surface area contributed by atoms with Gasteiger partial charge in [0.2, 0.25) is 27.0 Å². The third kappa shape index (κ3) is 5.66. The lowest BCUT2D eigenvalue weighted by atomic mass is 10.1. The molecule has 9 nitrogen and oxygen atoms in total. The van der Waals surface area contributed by atoms with E-state index in [0.717, 1.165) is 16.8 Å². The van der Waals surface area contributed by atoms with E-state index in [2.05, 4.69) is 20.2 Å². The maximum absolute atomic E-state index is 12.7. The summed E-state index contributed by atoms with van der Waals surface area (Å²) in [7, 11) is -3.61. The Kier molecular flexibility index (Phi) is 7.05. The van der Waals surface area contributed by atoms with Gasteiger partial charge in [-0.3, -0.25) is 9.59 Å². The predicted molar refractivity (Wildman–Crippen MR) is 130 cm³/mol. The quantitative estimate of drug-likeness (QED) is 0.492. The van der Waals surface area contributed by atoms with Crippen molar-refractivity contribution in [3.05, 3.63) is 64.7 Å². The minimum absolute atomic E-state index is 0.0930. The summed E-state index contributed by atoms with van der Waals surface area (Å²) in [6.45, 7) is 4.30. The summed E-state index contributed by atoms with van der Waals surface area (Å²) in [5, 5.41) is 11.7. The fourth-order valence-corrected chi connectivity index (χ4v) is 5.41. The summed E-state index contributed by atoms with van der Waals surface area (Å²) in [6.07, 6.45) is 0.466. The summed E-state index contributed by atoms with van der Waals surface area (Å²) in [5.74, 6) is -0.863. The van der Waals surface area contributed by atoms with Crippen LogP contribution in [0.5, 0.6) is 0 Å². The number of anilines is 2. The van der Waals surface area contributed by atoms with Crippen LogP contribution in [0.15, 0.2) is 53.4 Å². The summed E-state index contributed by atoms with van der Waals surface area (Å²) < 4.78 is 27.3. The molecule has 0 saturated carbocycles. The zero-order chi connectivity index (χ0) is 24.3. The molecule has 0 radical (unpaired) electrons. The van der Waals surface area contributed by atoms with E-state index in [0.29, 0.717) is 23.1 Å². The SMILES string of the molecule is Cc1ccc(S(=O)(=O)NCCc2nnc(NC(=O)C3CC(=O)N(c4cccc(C)c4)C3)s2)cc1. The average Bonchev–Trinajstić information content (AvgIpc) is 3.40. The van der Waals surface area contributed by atoms with Crippen molar-refractivity contribution in [2.75, 3.05) is 23.3 Å². The largest absolute Gasteiger partial charge is 0.312 e. The van der Waals surface area contributed by atoms with Gasteiger partial charge in [-0.2, -0.15) is 0 Å². The van der Waals surface area contributed by atoms with Crippen LogP contribution in [-0.2, 0) is 26.0 Å². The van der Waals surface area contributed by atoms with Crippen LogP contribution in [0.1, 0.15) is 22.6 Å². The van der Waals surface area contributed by atoms with E-state index < -0.39 is 15.9 Å². The Morgan fingerprint density at radius 3 is 2.62 bits per heavy atom. The number of carbonyl (C=O) groups is 2. The molecule has 2 aromatic carbocycles. The third-order valence-corrected chi connectivity index (χ3v) is 7.84. The predicted octanol–water partition coefficient (Wildman–Crippen LogP) is 2.67. The highest BCUT2D eigenvalue weighted by atomic mass is 32.2. The van der Waals surface area contributed by atoms with Crippen LogP contribution in [-0.4, -0.2) is 43.5 Å². The molecule has 1 atom stereocenters. The molecule has 0 bridgehead atoms.